The van der Waals surface area contributed by atoms with Gasteiger partial charge in [0.1, 0.15) is 0 Å². The van der Waals surface area contributed by atoms with Gasteiger partial charge in [0.15, 0.2) is 0 Å². The van der Waals surface area contributed by atoms with Crippen molar-refractivity contribution in [3.8, 4) is 0 Å². The van der Waals surface area contributed by atoms with Crippen LogP contribution in [-0.2, 0) is 10.0 Å². The van der Waals surface area contributed by atoms with Gasteiger partial charge in [0.2, 0.25) is 10.0 Å². The predicted molar refractivity (Wildman–Crippen MR) is 85.7 cm³/mol. The number of fused-ring (bicyclic) bond motifs is 1. The normalized spacial score (nSPS) is 32.2. The Morgan fingerprint density at radius 3 is 2.43 bits per heavy atom. The first-order valence-corrected chi connectivity index (χ1v) is 10.5. The summed E-state index contributed by atoms with van der Waals surface area (Å²) in [7, 11) is -3.07. The van der Waals surface area contributed by atoms with Crippen LogP contribution < -0.4 is 4.72 Å². The highest BCUT2D eigenvalue weighted by Gasteiger charge is 2.33. The topological polar surface area (TPSA) is 49.4 Å². The fourth-order valence-corrected chi connectivity index (χ4v) is 6.14. The summed E-state index contributed by atoms with van der Waals surface area (Å²) in [5, 5.41) is 0. The molecule has 1 saturated carbocycles. The molecule has 4 nitrogen and oxygen atoms in total. The molecule has 3 rings (SSSR count). The molecule has 0 spiro atoms. The van der Waals surface area contributed by atoms with Crippen molar-refractivity contribution in [1.29, 1.82) is 0 Å². The molecular formula is C16H30N2O2S. The standard InChI is InChI=1S/C16H30N2O2S/c19-21(20,13-14-6-1-2-7-14)17-12-15-8-5-11-18-10-4-3-9-16(15)18/h14-17H,1-13H2/t15-,16+/m0/s1. The van der Waals surface area contributed by atoms with Crippen molar-refractivity contribution < 1.29 is 8.42 Å². The molecule has 0 radical (unpaired) electrons. The van der Waals surface area contributed by atoms with E-state index in [9.17, 15) is 8.42 Å². The SMILES string of the molecule is O=S(=O)(CC1CCCC1)NC[C@@H]1CCCN2CCCC[C@H]12. The van der Waals surface area contributed by atoms with Gasteiger partial charge in [-0.2, -0.15) is 0 Å². The van der Waals surface area contributed by atoms with Crippen molar-refractivity contribution in [3.63, 3.8) is 0 Å². The average Bonchev–Trinajstić information content (AvgIpc) is 2.97. The first-order chi connectivity index (χ1) is 10.1. The minimum atomic E-state index is -3.07. The highest BCUT2D eigenvalue weighted by molar-refractivity contribution is 7.89. The zero-order valence-corrected chi connectivity index (χ0v) is 13.9. The van der Waals surface area contributed by atoms with Crippen LogP contribution in [0.1, 0.15) is 57.8 Å². The second-order valence-corrected chi connectivity index (χ2v) is 9.13. The number of rotatable bonds is 5. The van der Waals surface area contributed by atoms with Crippen LogP contribution in [0.2, 0.25) is 0 Å². The van der Waals surface area contributed by atoms with Crippen LogP contribution in [0.25, 0.3) is 0 Å². The summed E-state index contributed by atoms with van der Waals surface area (Å²) in [5.41, 5.74) is 0. The summed E-state index contributed by atoms with van der Waals surface area (Å²) < 4.78 is 27.5. The van der Waals surface area contributed by atoms with E-state index in [-0.39, 0.29) is 0 Å². The third kappa shape index (κ3) is 4.20. The van der Waals surface area contributed by atoms with Crippen LogP contribution in [0.5, 0.6) is 0 Å². The molecule has 0 amide bonds. The molecule has 5 heteroatoms. The van der Waals surface area contributed by atoms with Crippen molar-refractivity contribution in [1.82, 2.24) is 9.62 Å². The minimum absolute atomic E-state index is 0.355. The van der Waals surface area contributed by atoms with Crippen LogP contribution in [0.3, 0.4) is 0 Å². The van der Waals surface area contributed by atoms with E-state index in [0.29, 0.717) is 30.2 Å². The summed E-state index contributed by atoms with van der Waals surface area (Å²) in [6.45, 7) is 3.10. The van der Waals surface area contributed by atoms with Gasteiger partial charge in [0, 0.05) is 12.6 Å². The van der Waals surface area contributed by atoms with Crippen molar-refractivity contribution in [2.24, 2.45) is 11.8 Å². The molecule has 0 bridgehead atoms. The minimum Gasteiger partial charge on any atom is -0.300 e. The molecule has 21 heavy (non-hydrogen) atoms. The number of nitrogens with zero attached hydrogens (tertiary/aromatic N) is 1. The number of hydrogen-bond donors (Lipinski definition) is 1. The zero-order chi connectivity index (χ0) is 14.7. The molecule has 3 fully saturated rings. The van der Waals surface area contributed by atoms with E-state index in [1.165, 1.54) is 58.0 Å². The molecule has 2 saturated heterocycles. The van der Waals surface area contributed by atoms with Gasteiger partial charge < -0.3 is 4.90 Å². The quantitative estimate of drug-likeness (QED) is 0.847. The van der Waals surface area contributed by atoms with Gasteiger partial charge in [-0.15, -0.1) is 0 Å². The maximum Gasteiger partial charge on any atom is 0.211 e. The lowest BCUT2D eigenvalue weighted by atomic mass is 9.84. The predicted octanol–water partition coefficient (Wildman–Crippen LogP) is 2.36. The fraction of sp³-hybridized carbons (Fsp3) is 1.00. The van der Waals surface area contributed by atoms with Crippen molar-refractivity contribution in [3.05, 3.63) is 0 Å². The van der Waals surface area contributed by atoms with E-state index in [4.69, 9.17) is 0 Å². The van der Waals surface area contributed by atoms with Gasteiger partial charge in [-0.3, -0.25) is 0 Å². The summed E-state index contributed by atoms with van der Waals surface area (Å²) in [4.78, 5) is 2.60. The fourth-order valence-electron chi connectivity index (χ4n) is 4.60. The number of hydrogen-bond acceptors (Lipinski definition) is 3. The summed E-state index contributed by atoms with van der Waals surface area (Å²) in [6.07, 6.45) is 10.9. The molecular weight excluding hydrogens is 284 g/mol. The van der Waals surface area contributed by atoms with Crippen molar-refractivity contribution in [2.45, 2.75) is 63.8 Å². The molecule has 0 aromatic heterocycles. The van der Waals surface area contributed by atoms with E-state index in [2.05, 4.69) is 9.62 Å². The highest BCUT2D eigenvalue weighted by atomic mass is 32.2. The Labute approximate surface area is 129 Å². The van der Waals surface area contributed by atoms with Crippen LogP contribution in [0.4, 0.5) is 0 Å². The van der Waals surface area contributed by atoms with E-state index in [1.807, 2.05) is 0 Å². The van der Waals surface area contributed by atoms with Crippen LogP contribution in [0, 0.1) is 11.8 Å². The van der Waals surface area contributed by atoms with Crippen LogP contribution in [-0.4, -0.2) is 44.7 Å². The lowest BCUT2D eigenvalue weighted by Gasteiger charge is -2.44. The largest absolute Gasteiger partial charge is 0.300 e. The lowest BCUT2D eigenvalue weighted by molar-refractivity contribution is 0.0617. The lowest BCUT2D eigenvalue weighted by Crippen LogP contribution is -2.51. The van der Waals surface area contributed by atoms with E-state index in [1.54, 1.807) is 0 Å². The van der Waals surface area contributed by atoms with Gasteiger partial charge in [-0.1, -0.05) is 19.3 Å². The second-order valence-electron chi connectivity index (χ2n) is 7.28. The van der Waals surface area contributed by atoms with Crippen LogP contribution >= 0.6 is 0 Å². The molecule has 1 N–H and O–H groups in total. The average molecular weight is 314 g/mol. The first kappa shape index (κ1) is 15.8. The molecule has 0 aromatic rings. The maximum atomic E-state index is 12.3. The Hall–Kier alpha value is -0.130. The van der Waals surface area contributed by atoms with Gasteiger partial charge in [-0.05, 0) is 63.5 Å². The third-order valence-electron chi connectivity index (χ3n) is 5.72. The van der Waals surface area contributed by atoms with Gasteiger partial charge in [0.05, 0.1) is 5.75 Å². The first-order valence-electron chi connectivity index (χ1n) is 8.85. The third-order valence-corrected chi connectivity index (χ3v) is 7.24. The number of sulfonamides is 1. The molecule has 2 atom stereocenters. The maximum absolute atomic E-state index is 12.3. The van der Waals surface area contributed by atoms with E-state index >= 15 is 0 Å². The van der Waals surface area contributed by atoms with Crippen LogP contribution in [0.15, 0.2) is 0 Å². The Bertz CT molecular complexity index is 430. The molecule has 2 aliphatic heterocycles. The molecule has 3 aliphatic rings. The van der Waals surface area contributed by atoms with Gasteiger partial charge in [-0.25, -0.2) is 13.1 Å². The molecule has 2 heterocycles. The Morgan fingerprint density at radius 1 is 0.905 bits per heavy atom. The Morgan fingerprint density at radius 2 is 1.62 bits per heavy atom. The highest BCUT2D eigenvalue weighted by Crippen LogP contribution is 2.31. The van der Waals surface area contributed by atoms with Gasteiger partial charge >= 0.3 is 0 Å². The Kier molecular flexibility index (Phi) is 5.23. The summed E-state index contributed by atoms with van der Waals surface area (Å²) >= 11 is 0. The molecule has 0 unspecified atom stereocenters. The van der Waals surface area contributed by atoms with E-state index < -0.39 is 10.0 Å². The smallest absolute Gasteiger partial charge is 0.211 e. The monoisotopic (exact) mass is 314 g/mol. The second kappa shape index (κ2) is 6.97. The summed E-state index contributed by atoms with van der Waals surface area (Å²) in [6, 6.07) is 0.627. The van der Waals surface area contributed by atoms with E-state index in [0.717, 1.165) is 12.8 Å². The van der Waals surface area contributed by atoms with Gasteiger partial charge in [0.25, 0.3) is 0 Å². The molecule has 122 valence electrons. The molecule has 0 aromatic carbocycles. The summed E-state index contributed by atoms with van der Waals surface area (Å²) in [5.74, 6) is 1.28. The Balaban J connectivity index is 1.51. The van der Waals surface area contributed by atoms with Crippen molar-refractivity contribution in [2.75, 3.05) is 25.4 Å². The number of nitrogens with one attached hydrogen (secondary N) is 1. The number of piperidine rings is 2. The zero-order valence-electron chi connectivity index (χ0n) is 13.1. The van der Waals surface area contributed by atoms with Crippen molar-refractivity contribution >= 4 is 10.0 Å². The molecule has 1 aliphatic carbocycles.